The number of hydrogen-bond acceptors (Lipinski definition) is 3. The van der Waals surface area contributed by atoms with Crippen molar-refractivity contribution in [3.8, 4) is 0 Å². The molecule has 150 valence electrons. The summed E-state index contributed by atoms with van der Waals surface area (Å²) in [4.78, 5) is 12.0. The molecule has 4 nitrogen and oxygen atoms in total. The molecule has 0 radical (unpaired) electrons. The van der Waals surface area contributed by atoms with Gasteiger partial charge < -0.3 is 14.9 Å². The van der Waals surface area contributed by atoms with Crippen molar-refractivity contribution in [3.63, 3.8) is 0 Å². The highest BCUT2D eigenvalue weighted by Gasteiger charge is 2.58. The molecule has 3 fully saturated rings. The van der Waals surface area contributed by atoms with Gasteiger partial charge in [-0.05, 0) is 63.2 Å². The Kier molecular flexibility index (Phi) is 6.03. The Balaban J connectivity index is 1.85. The van der Waals surface area contributed by atoms with Crippen molar-refractivity contribution in [2.24, 2.45) is 35.5 Å². The minimum atomic E-state index is -0.817. The van der Waals surface area contributed by atoms with E-state index in [2.05, 4.69) is 27.7 Å². The van der Waals surface area contributed by atoms with Crippen LogP contribution in [0.5, 0.6) is 0 Å². The zero-order valence-electron chi connectivity index (χ0n) is 17.0. The number of fused-ring (bicyclic) bond motifs is 3. The maximum absolute atomic E-state index is 12.0. The number of carboxylic acid groups (broad SMARTS) is 1. The molecule has 0 bridgehead atoms. The fraction of sp³-hybridized carbons (Fsp3) is 0.955. The zero-order valence-corrected chi connectivity index (χ0v) is 17.0. The number of ether oxygens (including phenoxy) is 1. The lowest BCUT2D eigenvalue weighted by atomic mass is 9.55. The highest BCUT2D eigenvalue weighted by atomic mass is 16.5. The third kappa shape index (κ3) is 3.69. The number of aliphatic hydroxyl groups excluding tert-OH is 1. The molecule has 3 aliphatic rings. The smallest absolute Gasteiger partial charge is 0.309 e. The molecule has 0 aromatic heterocycles. The van der Waals surface area contributed by atoms with E-state index >= 15 is 0 Å². The van der Waals surface area contributed by atoms with Crippen LogP contribution in [0.25, 0.3) is 0 Å². The third-order valence-electron chi connectivity index (χ3n) is 7.70. The molecule has 2 aliphatic carbocycles. The van der Waals surface area contributed by atoms with E-state index < -0.39 is 18.0 Å². The number of rotatable bonds is 5. The van der Waals surface area contributed by atoms with Crippen molar-refractivity contribution in [3.05, 3.63) is 0 Å². The van der Waals surface area contributed by atoms with Gasteiger partial charge in [0.25, 0.3) is 0 Å². The number of aliphatic carboxylic acids is 1. The summed E-state index contributed by atoms with van der Waals surface area (Å²) in [5.41, 5.74) is -0.171. The van der Waals surface area contributed by atoms with Gasteiger partial charge >= 0.3 is 5.97 Å². The van der Waals surface area contributed by atoms with Crippen LogP contribution in [-0.2, 0) is 9.53 Å². The summed E-state index contributed by atoms with van der Waals surface area (Å²) in [7, 11) is 0. The van der Waals surface area contributed by atoms with E-state index in [1.807, 2.05) is 0 Å². The van der Waals surface area contributed by atoms with Crippen molar-refractivity contribution in [2.45, 2.75) is 96.9 Å². The highest BCUT2D eigenvalue weighted by molar-refractivity contribution is 5.71. The van der Waals surface area contributed by atoms with E-state index in [0.29, 0.717) is 17.8 Å². The normalized spacial score (nSPS) is 44.8. The summed E-state index contributed by atoms with van der Waals surface area (Å²) in [6, 6.07) is 0. The Morgan fingerprint density at radius 2 is 1.92 bits per heavy atom. The molecule has 2 saturated carbocycles. The van der Waals surface area contributed by atoms with Gasteiger partial charge in [0.15, 0.2) is 0 Å². The molecule has 0 aromatic carbocycles. The molecule has 2 N–H and O–H groups in total. The number of hydrogen-bond donors (Lipinski definition) is 2. The van der Waals surface area contributed by atoms with Crippen LogP contribution in [0.15, 0.2) is 0 Å². The van der Waals surface area contributed by atoms with Crippen LogP contribution in [0.1, 0.15) is 79.1 Å². The summed E-state index contributed by atoms with van der Waals surface area (Å²) >= 11 is 0. The summed E-state index contributed by atoms with van der Waals surface area (Å²) in [6.07, 6.45) is 7.66. The van der Waals surface area contributed by atoms with Gasteiger partial charge in [-0.2, -0.15) is 0 Å². The Hall–Kier alpha value is -0.610. The van der Waals surface area contributed by atoms with Gasteiger partial charge in [-0.1, -0.05) is 39.5 Å². The fourth-order valence-corrected chi connectivity index (χ4v) is 6.49. The van der Waals surface area contributed by atoms with Crippen molar-refractivity contribution < 1.29 is 19.7 Å². The second-order valence-electron chi connectivity index (χ2n) is 9.87. The number of aliphatic hydroxyl groups is 1. The average Bonchev–Trinajstić information content (AvgIpc) is 2.53. The van der Waals surface area contributed by atoms with Crippen LogP contribution in [0.4, 0.5) is 0 Å². The molecular weight excluding hydrogens is 328 g/mol. The van der Waals surface area contributed by atoms with Crippen molar-refractivity contribution in [1.82, 2.24) is 0 Å². The van der Waals surface area contributed by atoms with Crippen LogP contribution in [0, 0.1) is 35.5 Å². The molecule has 8 atom stereocenters. The average molecular weight is 367 g/mol. The first-order valence-electron chi connectivity index (χ1n) is 10.8. The first-order valence-corrected chi connectivity index (χ1v) is 10.8. The Labute approximate surface area is 158 Å². The molecule has 3 rings (SSSR count). The van der Waals surface area contributed by atoms with Crippen molar-refractivity contribution in [2.75, 3.05) is 0 Å². The van der Waals surface area contributed by atoms with Gasteiger partial charge in [0.2, 0.25) is 0 Å². The van der Waals surface area contributed by atoms with Gasteiger partial charge in [-0.25, -0.2) is 0 Å². The molecule has 0 spiro atoms. The molecule has 4 heteroatoms. The minimum Gasteiger partial charge on any atom is -0.481 e. The Bertz CT molecular complexity index is 502. The maximum atomic E-state index is 12.0. The summed E-state index contributed by atoms with van der Waals surface area (Å²) in [5, 5.41) is 21.1. The standard InChI is InChI=1S/C22H38O4/c1-5-6-7-8-14-12-17-19(20(23)18(14)21(24)25)15-11-13(2)9-10-16(15)22(3,4)26-17/h13-20,23H,5-12H2,1-4H3,(H,24,25)/t13?,14?,15?,16-,17?,18?,19?,20?/m1/s1. The van der Waals surface area contributed by atoms with Gasteiger partial charge in [-0.15, -0.1) is 0 Å². The van der Waals surface area contributed by atoms with E-state index in [1.54, 1.807) is 0 Å². The Morgan fingerprint density at radius 3 is 2.58 bits per heavy atom. The van der Waals surface area contributed by atoms with Gasteiger partial charge in [-0.3, -0.25) is 4.79 Å². The summed E-state index contributed by atoms with van der Waals surface area (Å²) in [6.45, 7) is 8.87. The second kappa shape index (κ2) is 7.79. The van der Waals surface area contributed by atoms with Crippen LogP contribution >= 0.6 is 0 Å². The second-order valence-corrected chi connectivity index (χ2v) is 9.87. The Morgan fingerprint density at radius 1 is 1.19 bits per heavy atom. The van der Waals surface area contributed by atoms with Crippen LogP contribution in [0.3, 0.4) is 0 Å². The predicted molar refractivity (Wildman–Crippen MR) is 102 cm³/mol. The fourth-order valence-electron chi connectivity index (χ4n) is 6.49. The first kappa shape index (κ1) is 20.1. The van der Waals surface area contributed by atoms with Crippen LogP contribution in [0.2, 0.25) is 0 Å². The van der Waals surface area contributed by atoms with E-state index in [-0.39, 0.29) is 23.5 Å². The quantitative estimate of drug-likeness (QED) is 0.703. The number of carboxylic acids is 1. The number of unbranched alkanes of at least 4 members (excludes halogenated alkanes) is 2. The molecule has 0 aromatic rings. The molecule has 0 amide bonds. The maximum Gasteiger partial charge on any atom is 0.309 e. The molecule has 1 heterocycles. The molecule has 26 heavy (non-hydrogen) atoms. The predicted octanol–water partition coefficient (Wildman–Crippen LogP) is 4.49. The lowest BCUT2D eigenvalue weighted by Crippen LogP contribution is -2.62. The molecule has 7 unspecified atom stereocenters. The van der Waals surface area contributed by atoms with E-state index in [9.17, 15) is 15.0 Å². The van der Waals surface area contributed by atoms with E-state index in [0.717, 1.165) is 44.9 Å². The minimum absolute atomic E-state index is 0.00813. The first-order chi connectivity index (χ1) is 12.3. The highest BCUT2D eigenvalue weighted by Crippen LogP contribution is 2.55. The third-order valence-corrected chi connectivity index (χ3v) is 7.70. The van der Waals surface area contributed by atoms with Gasteiger partial charge in [0.05, 0.1) is 23.7 Å². The summed E-state index contributed by atoms with van der Waals surface area (Å²) < 4.78 is 6.56. The molecule has 1 aliphatic heterocycles. The molecular formula is C22H38O4. The van der Waals surface area contributed by atoms with Crippen LogP contribution < -0.4 is 0 Å². The SMILES string of the molecule is CCCCCC1CC2OC(C)(C)[C@@H]3CCC(C)CC3C2C(O)C1C(=O)O. The lowest BCUT2D eigenvalue weighted by Gasteiger charge is -2.59. The van der Waals surface area contributed by atoms with Gasteiger partial charge in [0, 0.05) is 5.92 Å². The lowest BCUT2D eigenvalue weighted by molar-refractivity contribution is -0.252. The van der Waals surface area contributed by atoms with Gasteiger partial charge in [0.1, 0.15) is 0 Å². The van der Waals surface area contributed by atoms with E-state index in [1.165, 1.54) is 6.42 Å². The van der Waals surface area contributed by atoms with Crippen LogP contribution in [-0.4, -0.2) is 34.0 Å². The number of carbonyl (C=O) groups is 1. The van der Waals surface area contributed by atoms with Crippen molar-refractivity contribution >= 4 is 5.97 Å². The largest absolute Gasteiger partial charge is 0.481 e. The molecule has 1 saturated heterocycles. The topological polar surface area (TPSA) is 66.8 Å². The van der Waals surface area contributed by atoms with Crippen molar-refractivity contribution in [1.29, 1.82) is 0 Å². The zero-order chi connectivity index (χ0) is 19.1. The summed E-state index contributed by atoms with van der Waals surface area (Å²) in [5.74, 6) is 0.0478. The monoisotopic (exact) mass is 366 g/mol. The van der Waals surface area contributed by atoms with E-state index in [4.69, 9.17) is 4.74 Å².